The van der Waals surface area contributed by atoms with E-state index in [-0.39, 0.29) is 34.1 Å². The molecule has 1 amide bonds. The molecule has 0 saturated carbocycles. The van der Waals surface area contributed by atoms with Crippen molar-refractivity contribution in [3.8, 4) is 0 Å². The third-order valence-corrected chi connectivity index (χ3v) is 5.92. The van der Waals surface area contributed by atoms with Gasteiger partial charge in [-0.3, -0.25) is 4.79 Å². The van der Waals surface area contributed by atoms with Crippen molar-refractivity contribution < 1.29 is 23.1 Å². The van der Waals surface area contributed by atoms with Gasteiger partial charge in [-0.2, -0.15) is 0 Å². The number of benzene rings is 1. The van der Waals surface area contributed by atoms with E-state index >= 15 is 0 Å². The number of carbonyl (C=O) groups excluding carboxylic acids is 1. The number of sulfone groups is 1. The van der Waals surface area contributed by atoms with Crippen LogP contribution in [0.15, 0.2) is 40.3 Å². The molecule has 7 nitrogen and oxygen atoms in total. The molecular formula is C17H20N2O5S. The number of carbonyl (C=O) groups is 2. The summed E-state index contributed by atoms with van der Waals surface area (Å²) in [5.74, 6) is -1.43. The van der Waals surface area contributed by atoms with Gasteiger partial charge >= 0.3 is 5.97 Å². The molecule has 1 aromatic heterocycles. The quantitative estimate of drug-likeness (QED) is 0.814. The number of aromatic carboxylic acids is 1. The van der Waals surface area contributed by atoms with Crippen molar-refractivity contribution in [2.24, 2.45) is 0 Å². The predicted octanol–water partition coefficient (Wildman–Crippen LogP) is 1.87. The van der Waals surface area contributed by atoms with Crippen molar-refractivity contribution in [2.75, 3.05) is 14.1 Å². The predicted molar refractivity (Wildman–Crippen MR) is 91.4 cm³/mol. The minimum Gasteiger partial charge on any atom is -0.478 e. The molecule has 0 aliphatic rings. The van der Waals surface area contributed by atoms with Crippen molar-refractivity contribution in [3.05, 3.63) is 47.3 Å². The van der Waals surface area contributed by atoms with Gasteiger partial charge in [0.05, 0.1) is 15.4 Å². The van der Waals surface area contributed by atoms with Gasteiger partial charge < -0.3 is 15.0 Å². The number of aromatic amines is 1. The summed E-state index contributed by atoms with van der Waals surface area (Å²) in [4.78, 5) is 27.2. The highest BCUT2D eigenvalue weighted by Gasteiger charge is 2.29. The van der Waals surface area contributed by atoms with Crippen LogP contribution in [0.25, 0.3) is 0 Å². The van der Waals surface area contributed by atoms with E-state index in [9.17, 15) is 23.1 Å². The number of H-pyrrole nitrogens is 1. The Labute approximate surface area is 146 Å². The summed E-state index contributed by atoms with van der Waals surface area (Å²) in [6.07, 6.45) is 1.95. The number of nitrogens with one attached hydrogen (secondary N) is 1. The van der Waals surface area contributed by atoms with E-state index in [1.54, 1.807) is 27.2 Å². The molecule has 134 valence electrons. The van der Waals surface area contributed by atoms with Crippen LogP contribution in [0.4, 0.5) is 0 Å². The van der Waals surface area contributed by atoms with Crippen LogP contribution in [0.2, 0.25) is 0 Å². The molecule has 0 radical (unpaired) electrons. The highest BCUT2D eigenvalue weighted by Crippen LogP contribution is 2.30. The van der Waals surface area contributed by atoms with Crippen LogP contribution in [-0.4, -0.2) is 49.4 Å². The average molecular weight is 364 g/mol. The van der Waals surface area contributed by atoms with Gasteiger partial charge in [0.2, 0.25) is 15.7 Å². The van der Waals surface area contributed by atoms with Crippen molar-refractivity contribution in [3.63, 3.8) is 0 Å². The molecule has 0 bridgehead atoms. The van der Waals surface area contributed by atoms with Crippen LogP contribution < -0.4 is 0 Å². The third-order valence-electron chi connectivity index (χ3n) is 3.88. The smallest absolute Gasteiger partial charge is 0.337 e. The van der Waals surface area contributed by atoms with E-state index in [2.05, 4.69) is 4.98 Å². The third kappa shape index (κ3) is 3.74. The maximum absolute atomic E-state index is 13.1. The Morgan fingerprint density at radius 3 is 2.44 bits per heavy atom. The van der Waals surface area contributed by atoms with Gasteiger partial charge in [-0.15, -0.1) is 0 Å². The Morgan fingerprint density at radius 2 is 1.84 bits per heavy atom. The first-order valence-corrected chi connectivity index (χ1v) is 9.09. The van der Waals surface area contributed by atoms with E-state index in [4.69, 9.17) is 0 Å². The molecule has 25 heavy (non-hydrogen) atoms. The molecule has 0 saturated heterocycles. The number of rotatable bonds is 6. The summed E-state index contributed by atoms with van der Waals surface area (Å²) in [5, 5.41) is 9.28. The van der Waals surface area contributed by atoms with Gasteiger partial charge in [-0.05, 0) is 31.0 Å². The van der Waals surface area contributed by atoms with Crippen LogP contribution >= 0.6 is 0 Å². The lowest BCUT2D eigenvalue weighted by atomic mass is 10.1. The lowest BCUT2D eigenvalue weighted by molar-refractivity contribution is -0.128. The summed E-state index contributed by atoms with van der Waals surface area (Å²) in [5.41, 5.74) is 0.596. The van der Waals surface area contributed by atoms with E-state index in [0.29, 0.717) is 11.3 Å². The lowest BCUT2D eigenvalue weighted by Crippen LogP contribution is -2.22. The Bertz CT molecular complexity index is 913. The van der Waals surface area contributed by atoms with Gasteiger partial charge in [0, 0.05) is 32.4 Å². The van der Waals surface area contributed by atoms with Gasteiger partial charge in [0.15, 0.2) is 0 Å². The minimum atomic E-state index is -4.04. The molecule has 0 unspecified atom stereocenters. The number of hydrogen-bond donors (Lipinski definition) is 2. The zero-order valence-corrected chi connectivity index (χ0v) is 15.1. The second-order valence-corrected chi connectivity index (χ2v) is 7.72. The first-order chi connectivity index (χ1) is 11.7. The molecule has 0 aliphatic heterocycles. The Morgan fingerprint density at radius 1 is 1.20 bits per heavy atom. The second-order valence-electron chi connectivity index (χ2n) is 5.86. The van der Waals surface area contributed by atoms with E-state index in [1.807, 2.05) is 0 Å². The Hall–Kier alpha value is -2.61. The Balaban J connectivity index is 2.50. The molecule has 8 heteroatoms. The highest BCUT2D eigenvalue weighted by molar-refractivity contribution is 7.91. The number of hydrogen-bond acceptors (Lipinski definition) is 4. The second kappa shape index (κ2) is 7.10. The maximum Gasteiger partial charge on any atom is 0.337 e. The SMILES string of the molecule is Cc1[nH]cc(CCC(=O)N(C)C)c1S(=O)(=O)c1ccccc1C(=O)O. The summed E-state index contributed by atoms with van der Waals surface area (Å²) in [6.45, 7) is 1.60. The summed E-state index contributed by atoms with van der Waals surface area (Å²) in [6, 6.07) is 5.49. The van der Waals surface area contributed by atoms with Gasteiger partial charge in [-0.25, -0.2) is 13.2 Å². The van der Waals surface area contributed by atoms with Crippen molar-refractivity contribution in [1.29, 1.82) is 0 Å². The molecule has 0 atom stereocenters. The van der Waals surface area contributed by atoms with Crippen LogP contribution in [0.3, 0.4) is 0 Å². The lowest BCUT2D eigenvalue weighted by Gasteiger charge is -2.12. The molecule has 2 N–H and O–H groups in total. The van der Waals surface area contributed by atoms with Crippen LogP contribution in [0.5, 0.6) is 0 Å². The molecule has 1 heterocycles. The molecule has 0 aliphatic carbocycles. The monoisotopic (exact) mass is 364 g/mol. The van der Waals surface area contributed by atoms with Crippen molar-refractivity contribution in [2.45, 2.75) is 29.6 Å². The van der Waals surface area contributed by atoms with Gasteiger partial charge in [-0.1, -0.05) is 12.1 Å². The fraction of sp³-hybridized carbons (Fsp3) is 0.294. The number of nitrogens with zero attached hydrogens (tertiary/aromatic N) is 1. The number of carboxylic acid groups (broad SMARTS) is 1. The van der Waals surface area contributed by atoms with Crippen LogP contribution in [-0.2, 0) is 21.1 Å². The van der Waals surface area contributed by atoms with Gasteiger partial charge in [0.25, 0.3) is 0 Å². The number of aryl methyl sites for hydroxylation is 2. The van der Waals surface area contributed by atoms with Crippen molar-refractivity contribution >= 4 is 21.7 Å². The maximum atomic E-state index is 13.1. The number of carboxylic acids is 1. The van der Waals surface area contributed by atoms with E-state index in [0.717, 1.165) is 0 Å². The minimum absolute atomic E-state index is 0.0350. The van der Waals surface area contributed by atoms with Gasteiger partial charge in [0.1, 0.15) is 0 Å². The first-order valence-electron chi connectivity index (χ1n) is 7.60. The molecule has 2 aromatic rings. The fourth-order valence-electron chi connectivity index (χ4n) is 2.58. The van der Waals surface area contributed by atoms with E-state index < -0.39 is 15.8 Å². The molecule has 1 aromatic carbocycles. The fourth-order valence-corrected chi connectivity index (χ4v) is 4.47. The zero-order chi connectivity index (χ0) is 18.8. The summed E-state index contributed by atoms with van der Waals surface area (Å²) >= 11 is 0. The number of amides is 1. The number of aromatic nitrogens is 1. The molecule has 0 fully saturated rings. The topological polar surface area (TPSA) is 108 Å². The largest absolute Gasteiger partial charge is 0.478 e. The van der Waals surface area contributed by atoms with Crippen molar-refractivity contribution in [1.82, 2.24) is 9.88 Å². The Kier molecular flexibility index (Phi) is 5.32. The highest BCUT2D eigenvalue weighted by atomic mass is 32.2. The first kappa shape index (κ1) is 18.7. The molecular weight excluding hydrogens is 344 g/mol. The standard InChI is InChI=1S/C17H20N2O5S/c1-11-16(12(10-18-11)8-9-15(20)19(2)3)25(23,24)14-7-5-4-6-13(14)17(21)22/h4-7,10,18H,8-9H2,1-3H3,(H,21,22). The molecule has 2 rings (SSSR count). The van der Waals surface area contributed by atoms with Crippen LogP contribution in [0, 0.1) is 6.92 Å². The average Bonchev–Trinajstić information content (AvgIpc) is 2.93. The summed E-state index contributed by atoms with van der Waals surface area (Å²) < 4.78 is 26.1. The molecule has 0 spiro atoms. The van der Waals surface area contributed by atoms with Crippen LogP contribution in [0.1, 0.15) is 28.0 Å². The normalized spacial score (nSPS) is 11.3. The summed E-state index contributed by atoms with van der Waals surface area (Å²) in [7, 11) is -0.777. The zero-order valence-electron chi connectivity index (χ0n) is 14.2. The van der Waals surface area contributed by atoms with E-state index in [1.165, 1.54) is 29.2 Å².